The molecule has 3 atom stereocenters. The molecule has 4 aromatic rings. The predicted molar refractivity (Wildman–Crippen MR) is 180 cm³/mol. The zero-order valence-electron chi connectivity index (χ0n) is 27.6. The van der Waals surface area contributed by atoms with Gasteiger partial charge in [-0.15, -0.1) is 0 Å². The fraction of sp³-hybridized carbons (Fsp3) is 0.528. The SMILES string of the molecule is COCC(C)Oc1ccc2c(COc3cccc4[nH]c(C(=O)O)cc34)coc2c1.C[C@H]1CN(CCC2(O)CCC(N)CC2)CC[C@@H]1O. The van der Waals surface area contributed by atoms with Crippen molar-refractivity contribution in [2.75, 3.05) is 33.4 Å². The molecule has 0 amide bonds. The number of hydrogen-bond acceptors (Lipinski definition) is 9. The Hall–Kier alpha value is -3.61. The van der Waals surface area contributed by atoms with Crippen molar-refractivity contribution < 1.29 is 38.7 Å². The second-order valence-electron chi connectivity index (χ2n) is 13.2. The molecule has 11 heteroatoms. The zero-order valence-corrected chi connectivity index (χ0v) is 27.6. The minimum absolute atomic E-state index is 0.0623. The van der Waals surface area contributed by atoms with Crippen LogP contribution in [0, 0.1) is 5.92 Å². The van der Waals surface area contributed by atoms with Crippen LogP contribution in [0.25, 0.3) is 21.9 Å². The highest BCUT2D eigenvalue weighted by atomic mass is 16.5. The summed E-state index contributed by atoms with van der Waals surface area (Å²) in [7, 11) is 1.64. The molecule has 3 heterocycles. The van der Waals surface area contributed by atoms with E-state index in [-0.39, 0.29) is 23.9 Å². The summed E-state index contributed by atoms with van der Waals surface area (Å²) < 4.78 is 22.5. The lowest BCUT2D eigenvalue weighted by Crippen LogP contribution is -2.45. The number of carbonyl (C=O) groups is 1. The number of aromatic amines is 1. The molecule has 256 valence electrons. The minimum Gasteiger partial charge on any atom is -0.488 e. The van der Waals surface area contributed by atoms with E-state index < -0.39 is 11.6 Å². The predicted octanol–water partition coefficient (Wildman–Crippen LogP) is 5.32. The van der Waals surface area contributed by atoms with Crippen molar-refractivity contribution >= 4 is 27.8 Å². The first-order valence-corrected chi connectivity index (χ1v) is 16.6. The fourth-order valence-electron chi connectivity index (χ4n) is 6.49. The third kappa shape index (κ3) is 9.05. The third-order valence-electron chi connectivity index (χ3n) is 9.40. The van der Waals surface area contributed by atoms with Crippen LogP contribution in [0.15, 0.2) is 53.1 Å². The van der Waals surface area contributed by atoms with Crippen LogP contribution in [-0.2, 0) is 11.3 Å². The molecular formula is C36H49N3O8. The van der Waals surface area contributed by atoms with Crippen LogP contribution in [0.4, 0.5) is 0 Å². The van der Waals surface area contributed by atoms with E-state index in [9.17, 15) is 20.1 Å². The van der Waals surface area contributed by atoms with Crippen molar-refractivity contribution in [1.82, 2.24) is 9.88 Å². The Balaban J connectivity index is 0.000000207. The molecule has 2 fully saturated rings. The van der Waals surface area contributed by atoms with E-state index in [1.54, 1.807) is 19.4 Å². The van der Waals surface area contributed by atoms with Crippen LogP contribution < -0.4 is 15.2 Å². The number of piperidine rings is 1. The molecule has 2 aliphatic rings. The number of aliphatic hydroxyl groups is 2. The Morgan fingerprint density at radius 2 is 1.96 bits per heavy atom. The molecule has 2 aromatic heterocycles. The molecule has 6 N–H and O–H groups in total. The second-order valence-corrected chi connectivity index (χ2v) is 13.2. The number of aromatic carboxylic acids is 1. The van der Waals surface area contributed by atoms with Gasteiger partial charge in [0.1, 0.15) is 35.5 Å². The summed E-state index contributed by atoms with van der Waals surface area (Å²) in [5, 5.41) is 31.0. The van der Waals surface area contributed by atoms with Crippen molar-refractivity contribution in [3.8, 4) is 11.5 Å². The molecule has 0 spiro atoms. The summed E-state index contributed by atoms with van der Waals surface area (Å²) in [6, 6.07) is 13.0. The Bertz CT molecular complexity index is 1610. The Labute approximate surface area is 275 Å². The number of benzene rings is 2. The van der Waals surface area contributed by atoms with Crippen molar-refractivity contribution in [2.24, 2.45) is 11.7 Å². The maximum atomic E-state index is 11.2. The molecule has 1 aliphatic carbocycles. The number of carboxylic acid groups (broad SMARTS) is 1. The largest absolute Gasteiger partial charge is 0.488 e. The number of ether oxygens (including phenoxy) is 3. The normalized spacial score (nSPS) is 24.1. The molecule has 47 heavy (non-hydrogen) atoms. The average Bonchev–Trinajstić information content (AvgIpc) is 3.67. The van der Waals surface area contributed by atoms with Crippen LogP contribution in [0.3, 0.4) is 0 Å². The molecule has 1 aliphatic heterocycles. The highest BCUT2D eigenvalue weighted by molar-refractivity contribution is 5.96. The number of methoxy groups -OCH3 is 1. The quantitative estimate of drug-likeness (QED) is 0.143. The van der Waals surface area contributed by atoms with Gasteiger partial charge in [-0.2, -0.15) is 0 Å². The lowest BCUT2D eigenvalue weighted by molar-refractivity contribution is -0.0252. The van der Waals surface area contributed by atoms with Crippen molar-refractivity contribution in [1.29, 1.82) is 0 Å². The number of furan rings is 1. The fourth-order valence-corrected chi connectivity index (χ4v) is 6.49. The van der Waals surface area contributed by atoms with E-state index in [4.69, 9.17) is 24.4 Å². The lowest BCUT2D eigenvalue weighted by atomic mass is 9.80. The van der Waals surface area contributed by atoms with Gasteiger partial charge in [-0.25, -0.2) is 4.79 Å². The standard InChI is InChI=1S/C22H21NO6.C14H28N2O2/c1-13(10-26-2)29-15-6-7-16-14(12-28-21(16)8-15)11-27-20-5-3-4-18-17(20)9-19(23-18)22(24)25;1-11-10-16(8-4-13(11)17)9-7-14(18)5-2-12(15)3-6-14/h3-9,12-13,23H,10-11H2,1-2H3,(H,24,25);11-13,17-18H,2-10,15H2,1H3/t;11-,12?,13-,14?/m.0/s1. The van der Waals surface area contributed by atoms with Gasteiger partial charge in [0.05, 0.1) is 24.6 Å². The van der Waals surface area contributed by atoms with E-state index in [0.717, 1.165) is 74.5 Å². The molecule has 1 saturated carbocycles. The van der Waals surface area contributed by atoms with Gasteiger partial charge in [0, 0.05) is 60.7 Å². The van der Waals surface area contributed by atoms with Crippen LogP contribution in [0.5, 0.6) is 11.5 Å². The summed E-state index contributed by atoms with van der Waals surface area (Å²) in [5.41, 5.74) is 7.82. The number of likely N-dealkylation sites (tertiary alicyclic amines) is 1. The lowest BCUT2D eigenvalue weighted by Gasteiger charge is -2.39. The molecule has 0 bridgehead atoms. The second kappa shape index (κ2) is 15.5. The average molecular weight is 652 g/mol. The number of carboxylic acids is 1. The van der Waals surface area contributed by atoms with E-state index in [2.05, 4.69) is 16.8 Å². The maximum absolute atomic E-state index is 11.2. The molecule has 2 aromatic carbocycles. The van der Waals surface area contributed by atoms with Crippen LogP contribution in [0.2, 0.25) is 0 Å². The summed E-state index contributed by atoms with van der Waals surface area (Å²) >= 11 is 0. The first-order valence-electron chi connectivity index (χ1n) is 16.6. The van der Waals surface area contributed by atoms with Crippen molar-refractivity contribution in [3.63, 3.8) is 0 Å². The van der Waals surface area contributed by atoms with Gasteiger partial charge in [0.25, 0.3) is 0 Å². The van der Waals surface area contributed by atoms with Gasteiger partial charge >= 0.3 is 5.97 Å². The van der Waals surface area contributed by atoms with E-state index >= 15 is 0 Å². The summed E-state index contributed by atoms with van der Waals surface area (Å²) in [5.74, 6) is 0.662. The topological polar surface area (TPSA) is 164 Å². The Morgan fingerprint density at radius 1 is 1.17 bits per heavy atom. The maximum Gasteiger partial charge on any atom is 0.352 e. The summed E-state index contributed by atoms with van der Waals surface area (Å²) in [6.45, 7) is 7.70. The summed E-state index contributed by atoms with van der Waals surface area (Å²) in [6.07, 6.45) is 6.77. The number of rotatable bonds is 11. The van der Waals surface area contributed by atoms with Gasteiger partial charge in [-0.1, -0.05) is 13.0 Å². The highest BCUT2D eigenvalue weighted by Gasteiger charge is 2.33. The molecule has 0 radical (unpaired) electrons. The highest BCUT2D eigenvalue weighted by Crippen LogP contribution is 2.32. The first kappa shape index (κ1) is 34.7. The van der Waals surface area contributed by atoms with Gasteiger partial charge in [0.15, 0.2) is 0 Å². The third-order valence-corrected chi connectivity index (χ3v) is 9.40. The number of nitrogens with one attached hydrogen (secondary N) is 1. The van der Waals surface area contributed by atoms with E-state index in [0.29, 0.717) is 41.7 Å². The van der Waals surface area contributed by atoms with Gasteiger partial charge < -0.3 is 49.6 Å². The molecule has 11 nitrogen and oxygen atoms in total. The van der Waals surface area contributed by atoms with Crippen LogP contribution >= 0.6 is 0 Å². The number of fused-ring (bicyclic) bond motifs is 2. The number of aromatic nitrogens is 1. The summed E-state index contributed by atoms with van der Waals surface area (Å²) in [4.78, 5) is 16.4. The van der Waals surface area contributed by atoms with Gasteiger partial charge in [-0.05, 0) is 81.7 Å². The van der Waals surface area contributed by atoms with Gasteiger partial charge in [-0.3, -0.25) is 0 Å². The smallest absolute Gasteiger partial charge is 0.352 e. The van der Waals surface area contributed by atoms with Crippen molar-refractivity contribution in [3.05, 3.63) is 60.0 Å². The molecule has 1 unspecified atom stereocenters. The van der Waals surface area contributed by atoms with Crippen molar-refractivity contribution in [2.45, 2.75) is 82.8 Å². The zero-order chi connectivity index (χ0) is 33.6. The Kier molecular flexibility index (Phi) is 11.5. The first-order chi connectivity index (χ1) is 22.5. The Morgan fingerprint density at radius 3 is 2.68 bits per heavy atom. The van der Waals surface area contributed by atoms with Crippen LogP contribution in [0.1, 0.15) is 68.4 Å². The number of aliphatic hydroxyl groups excluding tert-OH is 1. The molecule has 1 saturated heterocycles. The number of H-pyrrole nitrogens is 1. The number of hydrogen-bond donors (Lipinski definition) is 5. The molecule has 6 rings (SSSR count). The van der Waals surface area contributed by atoms with Crippen LogP contribution in [-0.4, -0.2) is 88.4 Å². The van der Waals surface area contributed by atoms with E-state index in [1.807, 2.05) is 43.3 Å². The molecular weight excluding hydrogens is 602 g/mol. The minimum atomic E-state index is -1.01. The monoisotopic (exact) mass is 651 g/mol. The van der Waals surface area contributed by atoms with E-state index in [1.165, 1.54) is 0 Å². The number of nitrogens with zero attached hydrogens (tertiary/aromatic N) is 1. The van der Waals surface area contributed by atoms with Gasteiger partial charge in [0.2, 0.25) is 0 Å². The number of nitrogens with two attached hydrogens (primary N) is 1.